The number of hydrogen-bond acceptors (Lipinski definition) is 0. The van der Waals surface area contributed by atoms with Crippen LogP contribution in [-0.2, 0) is 0 Å². The molecule has 6 radical (unpaired) electrons. The van der Waals surface area contributed by atoms with Crippen LogP contribution < -0.4 is 0 Å². The lowest BCUT2D eigenvalue weighted by molar-refractivity contribution is 0.701. The predicted octanol–water partition coefficient (Wildman–Crippen LogP) is 1.13. The Hall–Kier alpha value is 0. The molecule has 0 saturated heterocycles. The van der Waals surface area contributed by atoms with Crippen molar-refractivity contribution in [2.75, 3.05) is 0 Å². The van der Waals surface area contributed by atoms with E-state index in [1.807, 2.05) is 0 Å². The minimum Gasteiger partial charge on any atom is -0.0588 e. The highest BCUT2D eigenvalue weighted by molar-refractivity contribution is 4.80. The lowest BCUT2D eigenvalue weighted by atomic mass is 10.0. The Bertz CT molecular complexity index is 15.5. The van der Waals surface area contributed by atoms with Crippen LogP contribution in [0.1, 0.15) is 6.92 Å². The first-order valence-corrected chi connectivity index (χ1v) is 1.37. The summed E-state index contributed by atoms with van der Waals surface area (Å²) in [7, 11) is 0. The van der Waals surface area contributed by atoms with E-state index in [2.05, 4.69) is 0 Å². The van der Waals surface area contributed by atoms with E-state index in [0.29, 0.717) is 0 Å². The van der Waals surface area contributed by atoms with Gasteiger partial charge in [-0.3, -0.25) is 0 Å². The quantitative estimate of drug-likeness (QED) is 0.397. The van der Waals surface area contributed by atoms with Crippen LogP contribution in [0.5, 0.6) is 0 Å². The molecule has 0 aromatic rings. The van der Waals surface area contributed by atoms with Crippen molar-refractivity contribution in [1.29, 1.82) is 0 Å². The van der Waals surface area contributed by atoms with Crippen molar-refractivity contribution in [2.24, 2.45) is 5.41 Å². The summed E-state index contributed by atoms with van der Waals surface area (Å²) in [6.07, 6.45) is 0. The summed E-state index contributed by atoms with van der Waals surface area (Å²) in [5.74, 6) is 0. The molecule has 0 spiro atoms. The first kappa shape index (κ1) is 5.00. The van der Waals surface area contributed by atoms with Gasteiger partial charge in [0.2, 0.25) is 0 Å². The zero-order valence-corrected chi connectivity index (χ0v) is 3.23. The van der Waals surface area contributed by atoms with Gasteiger partial charge < -0.3 is 0 Å². The van der Waals surface area contributed by atoms with Gasteiger partial charge in [0.15, 0.2) is 0 Å². The summed E-state index contributed by atoms with van der Waals surface area (Å²) >= 11 is 0. The molecule has 0 fully saturated rings. The Morgan fingerprint density at radius 1 is 1.20 bits per heavy atom. The van der Waals surface area contributed by atoms with Crippen molar-refractivity contribution in [2.45, 2.75) is 6.92 Å². The molecule has 0 heteroatoms. The Morgan fingerprint density at radius 2 is 1.20 bits per heavy atom. The third-order valence-corrected chi connectivity index (χ3v) is 0. The van der Waals surface area contributed by atoms with Crippen LogP contribution in [0.2, 0.25) is 0 Å². The first-order valence-electron chi connectivity index (χ1n) is 1.37. The molecule has 0 heterocycles. The second-order valence-corrected chi connectivity index (χ2v) is 1.37. The summed E-state index contributed by atoms with van der Waals surface area (Å²) in [5.41, 5.74) is -1.00. The zero-order chi connectivity index (χ0) is 4.50. The first-order chi connectivity index (χ1) is 2.00. The van der Waals surface area contributed by atoms with Crippen molar-refractivity contribution in [3.8, 4) is 0 Å². The van der Waals surface area contributed by atoms with Gasteiger partial charge in [-0.25, -0.2) is 0 Å². The lowest BCUT2D eigenvalue weighted by Gasteiger charge is -2.03. The van der Waals surface area contributed by atoms with Crippen LogP contribution in [0.3, 0.4) is 0 Å². The smallest absolute Gasteiger partial charge is 0.0223 e. The molecule has 0 rings (SSSR count). The summed E-state index contributed by atoms with van der Waals surface area (Å²) in [5, 5.41) is 0. The van der Waals surface area contributed by atoms with Gasteiger partial charge in [0, 0.05) is 0 Å². The Balaban J connectivity index is 3.02. The summed E-state index contributed by atoms with van der Waals surface area (Å²) < 4.78 is 0. The maximum Gasteiger partial charge on any atom is -0.0223 e. The third-order valence-electron chi connectivity index (χ3n) is 0. The SMILES string of the molecule is [CH]C([CH])([CH])C. The van der Waals surface area contributed by atoms with Gasteiger partial charge in [0.1, 0.15) is 0 Å². The Morgan fingerprint density at radius 3 is 1.20 bits per heavy atom. The summed E-state index contributed by atoms with van der Waals surface area (Å²) in [6, 6.07) is 0. The van der Waals surface area contributed by atoms with Crippen molar-refractivity contribution in [3.63, 3.8) is 0 Å². The molecule has 0 aliphatic rings. The normalized spacial score (nSPS) is 12.0. The molecule has 5 heavy (non-hydrogen) atoms. The highest BCUT2D eigenvalue weighted by atomic mass is 14.0. The van der Waals surface area contributed by atoms with Gasteiger partial charge in [-0.15, -0.1) is 0 Å². The van der Waals surface area contributed by atoms with E-state index in [-0.39, 0.29) is 0 Å². The van der Waals surface area contributed by atoms with Gasteiger partial charge in [0.05, 0.1) is 0 Å². The maximum absolute atomic E-state index is 4.91. The molecule has 0 aliphatic carbocycles. The standard InChI is InChI=1S/C5H6/c1-5(2,3)4/h1-3H,4H3. The topological polar surface area (TPSA) is 0 Å². The molecule has 0 aromatic carbocycles. The average Bonchev–Trinajstić information content (AvgIpc) is 0.722. The zero-order valence-electron chi connectivity index (χ0n) is 3.23. The van der Waals surface area contributed by atoms with E-state index in [1.54, 1.807) is 0 Å². The average molecular weight is 66.1 g/mol. The second kappa shape index (κ2) is 1.00. The predicted molar refractivity (Wildman–Crippen MR) is 21.0 cm³/mol. The van der Waals surface area contributed by atoms with Gasteiger partial charge in [-0.1, -0.05) is 6.92 Å². The fourth-order valence-electron chi connectivity index (χ4n) is 0. The Labute approximate surface area is 34.2 Å². The minimum atomic E-state index is -1.00. The van der Waals surface area contributed by atoms with E-state index in [4.69, 9.17) is 20.8 Å². The van der Waals surface area contributed by atoms with Crippen LogP contribution in [-0.4, -0.2) is 0 Å². The van der Waals surface area contributed by atoms with Gasteiger partial charge >= 0.3 is 0 Å². The maximum atomic E-state index is 4.91. The minimum absolute atomic E-state index is 1.00. The number of rotatable bonds is 0. The van der Waals surface area contributed by atoms with Gasteiger partial charge in [-0.2, -0.15) is 0 Å². The van der Waals surface area contributed by atoms with Crippen LogP contribution >= 0.6 is 0 Å². The highest BCUT2D eigenvalue weighted by Gasteiger charge is 1.97. The van der Waals surface area contributed by atoms with E-state index in [1.165, 1.54) is 6.92 Å². The highest BCUT2D eigenvalue weighted by Crippen LogP contribution is 2.05. The molecule has 0 unspecified atom stereocenters. The third kappa shape index (κ3) is 0. The van der Waals surface area contributed by atoms with E-state index in [0.717, 1.165) is 0 Å². The molecule has 0 nitrogen and oxygen atoms in total. The molecule has 0 atom stereocenters. The number of hydrogen-bond donors (Lipinski definition) is 0. The molecular formula is C5H6. The molecule has 26 valence electrons. The Kier molecular flexibility index (Phi) is 1.00. The van der Waals surface area contributed by atoms with E-state index in [9.17, 15) is 0 Å². The molecule has 0 aromatic heterocycles. The molecule has 0 amide bonds. The van der Waals surface area contributed by atoms with Crippen LogP contribution in [0.25, 0.3) is 0 Å². The summed E-state index contributed by atoms with van der Waals surface area (Å²) in [4.78, 5) is 0. The van der Waals surface area contributed by atoms with E-state index >= 15 is 0 Å². The van der Waals surface area contributed by atoms with Crippen LogP contribution in [0.15, 0.2) is 0 Å². The van der Waals surface area contributed by atoms with Crippen molar-refractivity contribution < 1.29 is 0 Å². The van der Waals surface area contributed by atoms with Gasteiger partial charge in [0.25, 0.3) is 0 Å². The van der Waals surface area contributed by atoms with Crippen molar-refractivity contribution >= 4 is 0 Å². The fourth-order valence-corrected chi connectivity index (χ4v) is 0. The van der Waals surface area contributed by atoms with Crippen LogP contribution in [0.4, 0.5) is 0 Å². The fraction of sp³-hybridized carbons (Fsp3) is 0.400. The largest absolute Gasteiger partial charge is 0.0588 e. The van der Waals surface area contributed by atoms with Gasteiger partial charge in [-0.05, 0) is 26.2 Å². The van der Waals surface area contributed by atoms with Crippen molar-refractivity contribution in [3.05, 3.63) is 20.8 Å². The van der Waals surface area contributed by atoms with E-state index < -0.39 is 5.41 Å². The molecular weight excluding hydrogens is 60.1 g/mol. The summed E-state index contributed by atoms with van der Waals surface area (Å²) in [6.45, 7) is 16.2. The lowest BCUT2D eigenvalue weighted by Crippen LogP contribution is -1.95. The monoisotopic (exact) mass is 66.0 g/mol. The van der Waals surface area contributed by atoms with Crippen molar-refractivity contribution in [1.82, 2.24) is 0 Å². The second-order valence-electron chi connectivity index (χ2n) is 1.37. The molecule has 0 bridgehead atoms. The molecule has 0 saturated carbocycles. The molecule has 0 aliphatic heterocycles. The molecule has 0 N–H and O–H groups in total. The van der Waals surface area contributed by atoms with Crippen LogP contribution in [0, 0.1) is 26.2 Å².